The molecule has 0 unspecified atom stereocenters. The summed E-state index contributed by atoms with van der Waals surface area (Å²) in [6.07, 6.45) is 1.21. The van der Waals surface area contributed by atoms with Gasteiger partial charge in [-0.2, -0.15) is 0 Å². The predicted molar refractivity (Wildman–Crippen MR) is 65.9 cm³/mol. The summed E-state index contributed by atoms with van der Waals surface area (Å²) in [5, 5.41) is 0. The van der Waals surface area contributed by atoms with Crippen LogP contribution < -0.4 is 0 Å². The predicted octanol–water partition coefficient (Wildman–Crippen LogP) is 2.38. The Bertz CT molecular complexity index is 555. The first-order valence-corrected chi connectivity index (χ1v) is 5.75. The Hall–Kier alpha value is -2.10. The Morgan fingerprint density at radius 2 is 1.89 bits per heavy atom. The van der Waals surface area contributed by atoms with Crippen LogP contribution in [0, 0.1) is 13.8 Å². The van der Waals surface area contributed by atoms with Crippen LogP contribution in [0.15, 0.2) is 18.2 Å². The first kappa shape index (κ1) is 12.4. The Balaban J connectivity index is 2.44. The highest BCUT2D eigenvalue weighted by Gasteiger charge is 2.27. The normalized spacial score (nSPS) is 15.5. The first-order chi connectivity index (χ1) is 8.52. The van der Waals surface area contributed by atoms with E-state index in [2.05, 4.69) is 0 Å². The van der Waals surface area contributed by atoms with E-state index in [9.17, 15) is 9.59 Å². The molecular weight excluding hydrogens is 232 g/mol. The number of esters is 2. The Morgan fingerprint density at radius 3 is 2.50 bits per heavy atom. The number of cyclic esters (lactones) is 1. The van der Waals surface area contributed by atoms with Gasteiger partial charge in [-0.15, -0.1) is 0 Å². The number of fused-ring (bicyclic) bond motifs is 1. The molecule has 0 saturated carbocycles. The fourth-order valence-electron chi connectivity index (χ4n) is 1.80. The summed E-state index contributed by atoms with van der Waals surface area (Å²) < 4.78 is 9.88. The van der Waals surface area contributed by atoms with Crippen LogP contribution >= 0.6 is 0 Å². The molecule has 4 nitrogen and oxygen atoms in total. The highest BCUT2D eigenvalue weighted by molar-refractivity contribution is 6.06. The molecule has 0 aliphatic carbocycles. The highest BCUT2D eigenvalue weighted by atomic mass is 16.6. The average molecular weight is 246 g/mol. The largest absolute Gasteiger partial charge is 0.463 e. The quantitative estimate of drug-likeness (QED) is 0.594. The fourth-order valence-corrected chi connectivity index (χ4v) is 1.80. The zero-order valence-electron chi connectivity index (χ0n) is 10.6. The molecule has 94 valence electrons. The van der Waals surface area contributed by atoms with Gasteiger partial charge in [0.2, 0.25) is 0 Å². The molecule has 1 aliphatic rings. The minimum Gasteiger partial charge on any atom is -0.463 e. The summed E-state index contributed by atoms with van der Waals surface area (Å²) in [4.78, 5) is 23.0. The lowest BCUT2D eigenvalue weighted by Gasteiger charge is -2.02. The third-order valence-corrected chi connectivity index (χ3v) is 2.86. The molecule has 0 radical (unpaired) electrons. The number of aryl methyl sites for hydroxylation is 2. The third-order valence-electron chi connectivity index (χ3n) is 2.86. The molecule has 2 rings (SSSR count). The molecule has 1 aliphatic heterocycles. The van der Waals surface area contributed by atoms with Crippen LogP contribution in [-0.4, -0.2) is 18.5 Å². The maximum absolute atomic E-state index is 11.7. The van der Waals surface area contributed by atoms with Gasteiger partial charge in [-0.25, -0.2) is 9.59 Å². The van der Waals surface area contributed by atoms with Crippen LogP contribution in [0.2, 0.25) is 0 Å². The Morgan fingerprint density at radius 1 is 1.28 bits per heavy atom. The molecule has 18 heavy (non-hydrogen) atoms. The molecule has 0 aromatic heterocycles. The van der Waals surface area contributed by atoms with Gasteiger partial charge in [0.1, 0.15) is 5.76 Å². The van der Waals surface area contributed by atoms with Crippen molar-refractivity contribution in [1.29, 1.82) is 0 Å². The zero-order chi connectivity index (χ0) is 13.3. The lowest BCUT2D eigenvalue weighted by molar-refractivity contribution is -0.137. The van der Waals surface area contributed by atoms with Crippen LogP contribution in [0.1, 0.15) is 34.0 Å². The highest BCUT2D eigenvalue weighted by Crippen LogP contribution is 2.31. The minimum atomic E-state index is -0.508. The first-order valence-electron chi connectivity index (χ1n) is 5.75. The number of hydrogen-bond acceptors (Lipinski definition) is 4. The summed E-state index contributed by atoms with van der Waals surface area (Å²) in [6, 6.07) is 3.62. The second kappa shape index (κ2) is 4.64. The Labute approximate surface area is 105 Å². The van der Waals surface area contributed by atoms with E-state index in [0.29, 0.717) is 11.1 Å². The smallest absolute Gasteiger partial charge is 0.344 e. The monoisotopic (exact) mass is 246 g/mol. The molecule has 0 atom stereocenters. The van der Waals surface area contributed by atoms with Crippen LogP contribution in [0.3, 0.4) is 0 Å². The van der Waals surface area contributed by atoms with Gasteiger partial charge >= 0.3 is 11.9 Å². The van der Waals surface area contributed by atoms with E-state index in [1.807, 2.05) is 19.9 Å². The summed E-state index contributed by atoms with van der Waals surface area (Å²) in [5.74, 6) is -0.674. The minimum absolute atomic E-state index is 0.261. The second-order valence-electron chi connectivity index (χ2n) is 4.13. The number of benzene rings is 1. The molecular formula is C14H14O4. The van der Waals surface area contributed by atoms with E-state index in [1.165, 1.54) is 6.08 Å². The summed E-state index contributed by atoms with van der Waals surface area (Å²) >= 11 is 0. The number of carbonyl (C=O) groups excluding carboxylic acids is 2. The van der Waals surface area contributed by atoms with Crippen LogP contribution in [-0.2, 0) is 14.3 Å². The molecule has 0 amide bonds. The van der Waals surface area contributed by atoms with Crippen molar-refractivity contribution in [2.45, 2.75) is 20.8 Å². The molecule has 0 fully saturated rings. The van der Waals surface area contributed by atoms with Gasteiger partial charge in [0.25, 0.3) is 0 Å². The van der Waals surface area contributed by atoms with Gasteiger partial charge in [-0.05, 0) is 44.0 Å². The van der Waals surface area contributed by atoms with Gasteiger partial charge in [-0.3, -0.25) is 0 Å². The maximum atomic E-state index is 11.7. The lowest BCUT2D eigenvalue weighted by atomic mass is 10.0. The Kier molecular flexibility index (Phi) is 3.19. The standard InChI is InChI=1S/C14H14O4/c1-4-17-13(15)7-12-10-5-8(2)9(3)6-11(10)14(16)18-12/h5-7H,4H2,1-3H3/b12-7+. The average Bonchev–Trinajstić information content (AvgIpc) is 2.57. The SMILES string of the molecule is CCOC(=O)/C=C1/OC(=O)c2cc(C)c(C)cc21. The third kappa shape index (κ3) is 2.14. The van der Waals surface area contributed by atoms with Crippen molar-refractivity contribution >= 4 is 17.7 Å². The van der Waals surface area contributed by atoms with Crippen LogP contribution in [0.25, 0.3) is 5.76 Å². The van der Waals surface area contributed by atoms with E-state index in [1.54, 1.807) is 13.0 Å². The van der Waals surface area contributed by atoms with Crippen molar-refractivity contribution in [3.8, 4) is 0 Å². The van der Waals surface area contributed by atoms with Gasteiger partial charge in [0, 0.05) is 5.56 Å². The number of hydrogen-bond donors (Lipinski definition) is 0. The van der Waals surface area contributed by atoms with Crippen molar-refractivity contribution in [1.82, 2.24) is 0 Å². The van der Waals surface area contributed by atoms with E-state index in [-0.39, 0.29) is 12.4 Å². The lowest BCUT2D eigenvalue weighted by Crippen LogP contribution is -2.01. The van der Waals surface area contributed by atoms with Crippen molar-refractivity contribution in [3.63, 3.8) is 0 Å². The van der Waals surface area contributed by atoms with E-state index in [0.717, 1.165) is 11.1 Å². The van der Waals surface area contributed by atoms with E-state index < -0.39 is 11.9 Å². The van der Waals surface area contributed by atoms with Crippen molar-refractivity contribution < 1.29 is 19.1 Å². The molecule has 1 aromatic carbocycles. The van der Waals surface area contributed by atoms with Gasteiger partial charge < -0.3 is 9.47 Å². The van der Waals surface area contributed by atoms with Crippen molar-refractivity contribution in [3.05, 3.63) is 40.5 Å². The van der Waals surface area contributed by atoms with Crippen molar-refractivity contribution in [2.24, 2.45) is 0 Å². The second-order valence-corrected chi connectivity index (χ2v) is 4.13. The number of rotatable bonds is 2. The van der Waals surface area contributed by atoms with Gasteiger partial charge in [0.15, 0.2) is 0 Å². The van der Waals surface area contributed by atoms with E-state index in [4.69, 9.17) is 9.47 Å². The zero-order valence-corrected chi connectivity index (χ0v) is 10.6. The molecule has 0 bridgehead atoms. The molecule has 4 heteroatoms. The molecule has 0 N–H and O–H groups in total. The molecule has 0 saturated heterocycles. The van der Waals surface area contributed by atoms with Crippen LogP contribution in [0.5, 0.6) is 0 Å². The van der Waals surface area contributed by atoms with Gasteiger partial charge in [0.05, 0.1) is 18.2 Å². The molecule has 1 aromatic rings. The molecule has 1 heterocycles. The fraction of sp³-hybridized carbons (Fsp3) is 0.286. The number of carbonyl (C=O) groups is 2. The van der Waals surface area contributed by atoms with E-state index >= 15 is 0 Å². The topological polar surface area (TPSA) is 52.6 Å². The number of ether oxygens (including phenoxy) is 2. The molecule has 0 spiro atoms. The summed E-state index contributed by atoms with van der Waals surface area (Å²) in [7, 11) is 0. The maximum Gasteiger partial charge on any atom is 0.344 e. The van der Waals surface area contributed by atoms with Crippen LogP contribution in [0.4, 0.5) is 0 Å². The van der Waals surface area contributed by atoms with Gasteiger partial charge in [-0.1, -0.05) is 0 Å². The van der Waals surface area contributed by atoms with Crippen molar-refractivity contribution in [2.75, 3.05) is 6.61 Å². The summed E-state index contributed by atoms with van der Waals surface area (Å²) in [5.41, 5.74) is 3.20. The summed E-state index contributed by atoms with van der Waals surface area (Å²) in [6.45, 7) is 5.88.